The lowest BCUT2D eigenvalue weighted by Gasteiger charge is -2.28. The quantitative estimate of drug-likeness (QED) is 0.764. The number of nitrogens with one attached hydrogen (secondary N) is 1. The third-order valence-electron chi connectivity index (χ3n) is 4.79. The smallest absolute Gasteiger partial charge is 0.272 e. The number of rotatable bonds is 4. The Balaban J connectivity index is 1.44. The summed E-state index contributed by atoms with van der Waals surface area (Å²) in [5.74, 6) is -0.473. The van der Waals surface area contributed by atoms with Crippen molar-refractivity contribution < 1.29 is 9.59 Å². The van der Waals surface area contributed by atoms with Crippen LogP contribution in [0.3, 0.4) is 0 Å². The van der Waals surface area contributed by atoms with Crippen LogP contribution in [0.5, 0.6) is 0 Å². The minimum Gasteiger partial charge on any atom is -0.347 e. The predicted octanol–water partition coefficient (Wildman–Crippen LogP) is 2.61. The summed E-state index contributed by atoms with van der Waals surface area (Å²) in [6, 6.07) is 16.8. The summed E-state index contributed by atoms with van der Waals surface area (Å²) in [5.41, 5.74) is 3.85. The van der Waals surface area contributed by atoms with Gasteiger partial charge in [-0.25, -0.2) is 4.98 Å². The van der Waals surface area contributed by atoms with Crippen LogP contribution >= 0.6 is 0 Å². The van der Waals surface area contributed by atoms with E-state index in [-0.39, 0.29) is 23.2 Å². The summed E-state index contributed by atoms with van der Waals surface area (Å²) in [6.45, 7) is 1.57. The number of benzene rings is 1. The van der Waals surface area contributed by atoms with Crippen molar-refractivity contribution in [1.82, 2.24) is 20.2 Å². The summed E-state index contributed by atoms with van der Waals surface area (Å²) in [4.78, 5) is 35.4. The highest BCUT2D eigenvalue weighted by atomic mass is 16.2. The van der Waals surface area contributed by atoms with Gasteiger partial charge in [-0.2, -0.15) is 0 Å². The van der Waals surface area contributed by atoms with E-state index in [0.717, 1.165) is 17.5 Å². The normalized spacial score (nSPS) is 12.9. The lowest BCUT2D eigenvalue weighted by Crippen LogP contribution is -2.36. The van der Waals surface area contributed by atoms with Crippen LogP contribution in [0.15, 0.2) is 67.0 Å². The van der Waals surface area contributed by atoms with E-state index in [1.54, 1.807) is 35.5 Å². The van der Waals surface area contributed by atoms with Gasteiger partial charge in [0.25, 0.3) is 11.8 Å². The molecule has 0 spiro atoms. The van der Waals surface area contributed by atoms with Crippen molar-refractivity contribution in [3.8, 4) is 0 Å². The molecule has 0 saturated carbocycles. The maximum atomic E-state index is 12.9. The number of amides is 2. The molecule has 2 amide bonds. The van der Waals surface area contributed by atoms with E-state index in [2.05, 4.69) is 21.4 Å². The first-order chi connectivity index (χ1) is 13.7. The van der Waals surface area contributed by atoms with Crippen LogP contribution in [-0.4, -0.2) is 33.2 Å². The fourth-order valence-corrected chi connectivity index (χ4v) is 3.29. The van der Waals surface area contributed by atoms with Gasteiger partial charge in [-0.15, -0.1) is 0 Å². The Morgan fingerprint density at radius 1 is 0.964 bits per heavy atom. The summed E-state index contributed by atoms with van der Waals surface area (Å²) in [7, 11) is 0. The number of hydrogen-bond acceptors (Lipinski definition) is 4. The molecule has 1 aliphatic rings. The van der Waals surface area contributed by atoms with Crippen molar-refractivity contribution in [1.29, 1.82) is 0 Å². The molecule has 140 valence electrons. The first kappa shape index (κ1) is 17.9. The number of carbonyl (C=O) groups excluding carboxylic acids is 2. The van der Waals surface area contributed by atoms with Gasteiger partial charge in [0.2, 0.25) is 0 Å². The summed E-state index contributed by atoms with van der Waals surface area (Å²) in [6.07, 6.45) is 4.20. The van der Waals surface area contributed by atoms with E-state index in [9.17, 15) is 9.59 Å². The Morgan fingerprint density at radius 2 is 1.79 bits per heavy atom. The average Bonchev–Trinajstić information content (AvgIpc) is 2.77. The zero-order chi connectivity index (χ0) is 19.3. The number of fused-ring (bicyclic) bond motifs is 1. The van der Waals surface area contributed by atoms with Gasteiger partial charge in [0.15, 0.2) is 0 Å². The molecule has 0 atom stereocenters. The monoisotopic (exact) mass is 372 g/mol. The standard InChI is InChI=1S/C22H20N4O2/c27-21(24-14-16-5-4-11-23-13-16)19-8-3-9-20(25-19)22(28)26-12-10-17-6-1-2-7-18(17)15-26/h1-9,11,13H,10,12,14-15H2,(H,24,27). The number of nitrogens with zero attached hydrogens (tertiary/aromatic N) is 3. The van der Waals surface area contributed by atoms with Gasteiger partial charge in [0.1, 0.15) is 11.4 Å². The molecule has 0 unspecified atom stereocenters. The molecule has 3 aromatic rings. The van der Waals surface area contributed by atoms with Gasteiger partial charge in [-0.1, -0.05) is 36.4 Å². The van der Waals surface area contributed by atoms with Crippen LogP contribution in [0.2, 0.25) is 0 Å². The second kappa shape index (κ2) is 8.00. The Morgan fingerprint density at radius 3 is 2.61 bits per heavy atom. The van der Waals surface area contributed by atoms with E-state index < -0.39 is 0 Å². The molecule has 4 rings (SSSR count). The van der Waals surface area contributed by atoms with E-state index in [0.29, 0.717) is 19.6 Å². The summed E-state index contributed by atoms with van der Waals surface area (Å²) in [5, 5.41) is 2.81. The Kier molecular flexibility index (Phi) is 5.10. The Bertz CT molecular complexity index is 1000. The lowest BCUT2D eigenvalue weighted by atomic mass is 10.00. The van der Waals surface area contributed by atoms with Crippen molar-refractivity contribution in [2.45, 2.75) is 19.5 Å². The third-order valence-corrected chi connectivity index (χ3v) is 4.79. The molecule has 6 nitrogen and oxygen atoms in total. The van der Waals surface area contributed by atoms with Gasteiger partial charge in [-0.3, -0.25) is 14.6 Å². The van der Waals surface area contributed by atoms with E-state index in [1.165, 1.54) is 5.56 Å². The lowest BCUT2D eigenvalue weighted by molar-refractivity contribution is 0.0728. The molecule has 0 aliphatic carbocycles. The number of hydrogen-bond donors (Lipinski definition) is 1. The van der Waals surface area contributed by atoms with E-state index >= 15 is 0 Å². The zero-order valence-electron chi connectivity index (χ0n) is 15.3. The number of carbonyl (C=O) groups is 2. The largest absolute Gasteiger partial charge is 0.347 e. The minimum atomic E-state index is -0.317. The molecule has 1 aliphatic heterocycles. The third kappa shape index (κ3) is 3.91. The molecule has 28 heavy (non-hydrogen) atoms. The molecule has 3 heterocycles. The molecule has 6 heteroatoms. The maximum absolute atomic E-state index is 12.9. The van der Waals surface area contributed by atoms with Gasteiger partial charge < -0.3 is 10.2 Å². The van der Waals surface area contributed by atoms with Crippen LogP contribution in [-0.2, 0) is 19.5 Å². The molecule has 1 aromatic carbocycles. The maximum Gasteiger partial charge on any atom is 0.272 e. The molecular weight excluding hydrogens is 352 g/mol. The topological polar surface area (TPSA) is 75.2 Å². The fraction of sp³-hybridized carbons (Fsp3) is 0.182. The van der Waals surface area contributed by atoms with Gasteiger partial charge in [0, 0.05) is 32.0 Å². The molecule has 2 aromatic heterocycles. The fourth-order valence-electron chi connectivity index (χ4n) is 3.29. The Hall–Kier alpha value is -3.54. The molecule has 0 radical (unpaired) electrons. The van der Waals surface area contributed by atoms with Crippen LogP contribution in [0.4, 0.5) is 0 Å². The van der Waals surface area contributed by atoms with Gasteiger partial charge in [-0.05, 0) is 41.3 Å². The van der Waals surface area contributed by atoms with E-state index in [1.807, 2.05) is 30.3 Å². The number of aromatic nitrogens is 2. The van der Waals surface area contributed by atoms with Crippen LogP contribution in [0, 0.1) is 0 Å². The van der Waals surface area contributed by atoms with Gasteiger partial charge in [0.05, 0.1) is 0 Å². The Labute approximate surface area is 163 Å². The van der Waals surface area contributed by atoms with Crippen LogP contribution in [0.1, 0.15) is 37.7 Å². The predicted molar refractivity (Wildman–Crippen MR) is 105 cm³/mol. The van der Waals surface area contributed by atoms with Crippen molar-refractivity contribution in [2.24, 2.45) is 0 Å². The zero-order valence-corrected chi connectivity index (χ0v) is 15.3. The van der Waals surface area contributed by atoms with Crippen molar-refractivity contribution in [3.63, 3.8) is 0 Å². The molecule has 0 fully saturated rings. The molecular formula is C22H20N4O2. The summed E-state index contributed by atoms with van der Waals surface area (Å²) < 4.78 is 0. The van der Waals surface area contributed by atoms with Crippen LogP contribution in [0.25, 0.3) is 0 Å². The first-order valence-electron chi connectivity index (χ1n) is 9.21. The number of pyridine rings is 2. The highest BCUT2D eigenvalue weighted by Gasteiger charge is 2.23. The van der Waals surface area contributed by atoms with Crippen molar-refractivity contribution in [2.75, 3.05) is 6.54 Å². The summed E-state index contributed by atoms with van der Waals surface area (Å²) >= 11 is 0. The van der Waals surface area contributed by atoms with Crippen molar-refractivity contribution in [3.05, 3.63) is 95.1 Å². The molecule has 0 saturated heterocycles. The first-order valence-corrected chi connectivity index (χ1v) is 9.21. The van der Waals surface area contributed by atoms with E-state index in [4.69, 9.17) is 0 Å². The highest BCUT2D eigenvalue weighted by Crippen LogP contribution is 2.20. The second-order valence-corrected chi connectivity index (χ2v) is 6.70. The van der Waals surface area contributed by atoms with Gasteiger partial charge >= 0.3 is 0 Å². The minimum absolute atomic E-state index is 0.156. The molecule has 0 bridgehead atoms. The molecule has 1 N–H and O–H groups in total. The SMILES string of the molecule is O=C(NCc1cccnc1)c1cccc(C(=O)N2CCc3ccccc3C2)n1. The highest BCUT2D eigenvalue weighted by molar-refractivity contribution is 5.96. The second-order valence-electron chi connectivity index (χ2n) is 6.70. The van der Waals surface area contributed by atoms with Crippen LogP contribution < -0.4 is 5.32 Å². The van der Waals surface area contributed by atoms with Crippen molar-refractivity contribution >= 4 is 11.8 Å². The average molecular weight is 372 g/mol.